The molecule has 3 unspecified atom stereocenters. The molecule has 0 aromatic rings. The van der Waals surface area contributed by atoms with E-state index in [1.807, 2.05) is 14.0 Å². The second-order valence-corrected chi connectivity index (χ2v) is 4.64. The van der Waals surface area contributed by atoms with Crippen molar-refractivity contribution in [2.75, 3.05) is 27.2 Å². The zero-order chi connectivity index (χ0) is 12.1. The average Bonchev–Trinajstić information content (AvgIpc) is 2.74. The van der Waals surface area contributed by atoms with Gasteiger partial charge >= 0.3 is 5.97 Å². The fourth-order valence-corrected chi connectivity index (χ4v) is 2.52. The molecule has 1 fully saturated rings. The van der Waals surface area contributed by atoms with Crippen LogP contribution in [0.1, 0.15) is 26.7 Å². The highest BCUT2D eigenvalue weighted by atomic mass is 16.5. The van der Waals surface area contributed by atoms with Gasteiger partial charge in [0.1, 0.15) is 0 Å². The number of carbonyl (C=O) groups is 1. The van der Waals surface area contributed by atoms with Gasteiger partial charge in [-0.25, -0.2) is 0 Å². The van der Waals surface area contributed by atoms with E-state index in [0.29, 0.717) is 6.04 Å². The molecule has 1 heterocycles. The molecule has 1 N–H and O–H groups in total. The summed E-state index contributed by atoms with van der Waals surface area (Å²) in [6, 6.07) is 0.820. The van der Waals surface area contributed by atoms with Crippen LogP contribution in [0.25, 0.3) is 0 Å². The Morgan fingerprint density at radius 1 is 1.56 bits per heavy atom. The van der Waals surface area contributed by atoms with Crippen molar-refractivity contribution in [3.8, 4) is 0 Å². The van der Waals surface area contributed by atoms with Crippen LogP contribution in [0.3, 0.4) is 0 Å². The largest absolute Gasteiger partial charge is 0.469 e. The lowest BCUT2D eigenvalue weighted by Crippen LogP contribution is -2.46. The third-order valence-electron chi connectivity index (χ3n) is 3.68. The molecule has 1 rings (SSSR count). The zero-order valence-electron chi connectivity index (χ0n) is 10.8. The Morgan fingerprint density at radius 2 is 2.25 bits per heavy atom. The number of hydrogen-bond acceptors (Lipinski definition) is 4. The summed E-state index contributed by atoms with van der Waals surface area (Å²) in [6.07, 6.45) is 2.45. The van der Waals surface area contributed by atoms with Gasteiger partial charge in [0.05, 0.1) is 13.0 Å². The van der Waals surface area contributed by atoms with Crippen molar-refractivity contribution in [2.24, 2.45) is 5.92 Å². The highest BCUT2D eigenvalue weighted by molar-refractivity contribution is 5.72. The molecule has 4 heteroatoms. The molecular weight excluding hydrogens is 204 g/mol. The van der Waals surface area contributed by atoms with Gasteiger partial charge in [-0.1, -0.05) is 6.92 Å². The van der Waals surface area contributed by atoms with Crippen molar-refractivity contribution in [3.05, 3.63) is 0 Å². The third kappa shape index (κ3) is 2.95. The Hall–Kier alpha value is -0.610. The van der Waals surface area contributed by atoms with Crippen LogP contribution >= 0.6 is 0 Å². The normalized spacial score (nSPS) is 25.4. The van der Waals surface area contributed by atoms with Crippen molar-refractivity contribution in [2.45, 2.75) is 38.8 Å². The Morgan fingerprint density at radius 3 is 2.81 bits per heavy atom. The first-order valence-corrected chi connectivity index (χ1v) is 6.10. The molecule has 1 aliphatic rings. The standard InChI is InChI=1S/C12H24N2O2/c1-9(12(15)16-4)10(2)14-7-5-6-11(14)8-13-3/h9-11,13H,5-8H2,1-4H3. The number of nitrogens with one attached hydrogen (secondary N) is 1. The predicted molar refractivity (Wildman–Crippen MR) is 64.3 cm³/mol. The summed E-state index contributed by atoms with van der Waals surface area (Å²) < 4.78 is 4.81. The van der Waals surface area contributed by atoms with E-state index >= 15 is 0 Å². The molecule has 3 atom stereocenters. The van der Waals surface area contributed by atoms with Crippen LogP contribution in [0.2, 0.25) is 0 Å². The van der Waals surface area contributed by atoms with Gasteiger partial charge in [0.15, 0.2) is 0 Å². The Balaban J connectivity index is 2.57. The second-order valence-electron chi connectivity index (χ2n) is 4.64. The maximum absolute atomic E-state index is 11.5. The van der Waals surface area contributed by atoms with E-state index in [1.54, 1.807) is 0 Å². The molecular formula is C12H24N2O2. The van der Waals surface area contributed by atoms with Crippen molar-refractivity contribution in [1.82, 2.24) is 10.2 Å². The minimum Gasteiger partial charge on any atom is -0.469 e. The number of hydrogen-bond donors (Lipinski definition) is 1. The number of carbonyl (C=O) groups excluding carboxylic acids is 1. The zero-order valence-corrected chi connectivity index (χ0v) is 10.8. The Labute approximate surface area is 98.3 Å². The average molecular weight is 228 g/mol. The number of nitrogens with zero attached hydrogens (tertiary/aromatic N) is 1. The SMILES string of the molecule is CNCC1CCCN1C(C)C(C)C(=O)OC. The molecule has 0 bridgehead atoms. The monoisotopic (exact) mass is 228 g/mol. The molecule has 16 heavy (non-hydrogen) atoms. The maximum Gasteiger partial charge on any atom is 0.309 e. The Kier molecular flexibility index (Phi) is 5.22. The highest BCUT2D eigenvalue weighted by Crippen LogP contribution is 2.23. The minimum absolute atomic E-state index is 0.0533. The number of esters is 1. The van der Waals surface area contributed by atoms with E-state index in [0.717, 1.165) is 13.1 Å². The van der Waals surface area contributed by atoms with Crippen LogP contribution in [-0.2, 0) is 9.53 Å². The van der Waals surface area contributed by atoms with Crippen LogP contribution in [-0.4, -0.2) is 50.2 Å². The lowest BCUT2D eigenvalue weighted by Gasteiger charge is -2.33. The summed E-state index contributed by atoms with van der Waals surface area (Å²) in [5.41, 5.74) is 0. The van der Waals surface area contributed by atoms with Gasteiger partial charge in [0.2, 0.25) is 0 Å². The predicted octanol–water partition coefficient (Wildman–Crippen LogP) is 0.868. The molecule has 94 valence electrons. The van der Waals surface area contributed by atoms with Crippen LogP contribution < -0.4 is 5.32 Å². The molecule has 4 nitrogen and oxygen atoms in total. The van der Waals surface area contributed by atoms with Crippen LogP contribution in [0.15, 0.2) is 0 Å². The van der Waals surface area contributed by atoms with Gasteiger partial charge < -0.3 is 10.1 Å². The van der Waals surface area contributed by atoms with E-state index in [9.17, 15) is 4.79 Å². The summed E-state index contributed by atoms with van der Waals surface area (Å²) in [7, 11) is 3.44. The first-order valence-electron chi connectivity index (χ1n) is 6.10. The molecule has 1 saturated heterocycles. The highest BCUT2D eigenvalue weighted by Gasteiger charge is 2.33. The number of ether oxygens (including phenoxy) is 1. The van der Waals surface area contributed by atoms with E-state index in [4.69, 9.17) is 4.74 Å². The molecule has 0 aromatic carbocycles. The summed E-state index contributed by atoms with van der Waals surface area (Å²) in [5, 5.41) is 3.22. The van der Waals surface area contributed by atoms with Crippen molar-refractivity contribution in [3.63, 3.8) is 0 Å². The summed E-state index contributed by atoms with van der Waals surface area (Å²) in [5.74, 6) is -0.162. The van der Waals surface area contributed by atoms with Crippen LogP contribution in [0, 0.1) is 5.92 Å². The van der Waals surface area contributed by atoms with E-state index in [-0.39, 0.29) is 17.9 Å². The van der Waals surface area contributed by atoms with E-state index in [2.05, 4.69) is 17.1 Å². The van der Waals surface area contributed by atoms with Gasteiger partial charge in [-0.05, 0) is 33.4 Å². The van der Waals surface area contributed by atoms with Gasteiger partial charge in [0.25, 0.3) is 0 Å². The maximum atomic E-state index is 11.5. The van der Waals surface area contributed by atoms with Gasteiger partial charge in [-0.3, -0.25) is 9.69 Å². The van der Waals surface area contributed by atoms with Crippen molar-refractivity contribution in [1.29, 1.82) is 0 Å². The van der Waals surface area contributed by atoms with Gasteiger partial charge in [-0.15, -0.1) is 0 Å². The van der Waals surface area contributed by atoms with E-state index in [1.165, 1.54) is 20.0 Å². The van der Waals surface area contributed by atoms with Crippen LogP contribution in [0.5, 0.6) is 0 Å². The Bertz CT molecular complexity index is 233. The van der Waals surface area contributed by atoms with Crippen LogP contribution in [0.4, 0.5) is 0 Å². The molecule has 1 aliphatic heterocycles. The lowest BCUT2D eigenvalue weighted by atomic mass is 10.0. The number of likely N-dealkylation sites (N-methyl/N-ethyl adjacent to an activating group) is 1. The smallest absolute Gasteiger partial charge is 0.309 e. The van der Waals surface area contributed by atoms with Gasteiger partial charge in [0, 0.05) is 18.6 Å². The lowest BCUT2D eigenvalue weighted by molar-refractivity contribution is -0.147. The quantitative estimate of drug-likeness (QED) is 0.709. The van der Waals surface area contributed by atoms with Crippen molar-refractivity contribution < 1.29 is 9.53 Å². The first kappa shape index (κ1) is 13.5. The van der Waals surface area contributed by atoms with Crippen molar-refractivity contribution >= 4 is 5.97 Å². The molecule has 0 spiro atoms. The molecule has 0 amide bonds. The molecule has 0 radical (unpaired) electrons. The number of rotatable bonds is 5. The number of methoxy groups -OCH3 is 1. The summed E-state index contributed by atoms with van der Waals surface area (Å²) in [6.45, 7) is 6.16. The first-order chi connectivity index (χ1) is 7.61. The fourth-order valence-electron chi connectivity index (χ4n) is 2.52. The third-order valence-corrected chi connectivity index (χ3v) is 3.68. The summed E-state index contributed by atoms with van der Waals surface area (Å²) >= 11 is 0. The van der Waals surface area contributed by atoms with Gasteiger partial charge in [-0.2, -0.15) is 0 Å². The number of likely N-dealkylation sites (tertiary alicyclic amines) is 1. The summed E-state index contributed by atoms with van der Waals surface area (Å²) in [4.78, 5) is 13.9. The topological polar surface area (TPSA) is 41.6 Å². The second kappa shape index (κ2) is 6.21. The minimum atomic E-state index is -0.109. The van der Waals surface area contributed by atoms with E-state index < -0.39 is 0 Å². The molecule has 0 aromatic heterocycles. The molecule has 0 saturated carbocycles. The molecule has 0 aliphatic carbocycles. The fraction of sp³-hybridized carbons (Fsp3) is 0.917.